The van der Waals surface area contributed by atoms with Crippen molar-refractivity contribution in [3.63, 3.8) is 0 Å². The molecule has 1 aliphatic rings. The van der Waals surface area contributed by atoms with Crippen LogP contribution in [-0.4, -0.2) is 34.9 Å². The zero-order valence-electron chi connectivity index (χ0n) is 11.2. The number of carbonyl (C=O) groups is 1. The number of piperidine rings is 1. The van der Waals surface area contributed by atoms with E-state index >= 15 is 0 Å². The predicted octanol–water partition coefficient (Wildman–Crippen LogP) is 2.81. The molecule has 1 amide bonds. The van der Waals surface area contributed by atoms with Crippen molar-refractivity contribution in [2.45, 2.75) is 18.9 Å². The maximum Gasteiger partial charge on any atom is 0.265 e. The molecule has 2 N–H and O–H groups in total. The smallest absolute Gasteiger partial charge is 0.265 e. The Morgan fingerprint density at radius 3 is 2.95 bits per heavy atom. The van der Waals surface area contributed by atoms with Gasteiger partial charge in [-0.15, -0.1) is 36.2 Å². The Hall–Kier alpha value is -1.08. The lowest BCUT2D eigenvalue weighted by atomic mass is 10.1. The van der Waals surface area contributed by atoms with Gasteiger partial charge in [0.2, 0.25) is 0 Å². The van der Waals surface area contributed by atoms with Gasteiger partial charge in [0.1, 0.15) is 4.88 Å². The van der Waals surface area contributed by atoms with Crippen molar-refractivity contribution < 1.29 is 9.21 Å². The minimum absolute atomic E-state index is 0. The minimum atomic E-state index is 0. The van der Waals surface area contributed by atoms with Crippen molar-refractivity contribution in [2.24, 2.45) is 5.73 Å². The highest BCUT2D eigenvalue weighted by atomic mass is 35.5. The molecule has 0 bridgehead atoms. The van der Waals surface area contributed by atoms with Crippen LogP contribution in [0.3, 0.4) is 0 Å². The van der Waals surface area contributed by atoms with Gasteiger partial charge in [0.15, 0.2) is 10.8 Å². The molecule has 0 radical (unpaired) electrons. The van der Waals surface area contributed by atoms with Gasteiger partial charge in [-0.25, -0.2) is 4.98 Å². The Morgan fingerprint density at radius 2 is 2.29 bits per heavy atom. The Bertz CT molecular complexity index is 574. The van der Waals surface area contributed by atoms with Crippen LogP contribution in [0.15, 0.2) is 29.0 Å². The lowest BCUT2D eigenvalue weighted by Crippen LogP contribution is -2.45. The molecular formula is C13H17Cl2N3O2S. The average molecular weight is 350 g/mol. The van der Waals surface area contributed by atoms with E-state index in [1.807, 2.05) is 17.0 Å². The van der Waals surface area contributed by atoms with Crippen LogP contribution in [0.5, 0.6) is 0 Å². The number of aromatic nitrogens is 1. The molecule has 2 aromatic heterocycles. The van der Waals surface area contributed by atoms with Crippen LogP contribution in [0.4, 0.5) is 0 Å². The predicted molar refractivity (Wildman–Crippen MR) is 87.4 cm³/mol. The summed E-state index contributed by atoms with van der Waals surface area (Å²) < 4.78 is 5.28. The number of hydrogen-bond donors (Lipinski definition) is 1. The summed E-state index contributed by atoms with van der Waals surface area (Å²) in [5.74, 6) is 0.713. The first kappa shape index (κ1) is 18.0. The van der Waals surface area contributed by atoms with E-state index in [9.17, 15) is 4.79 Å². The molecule has 5 nitrogen and oxygen atoms in total. The second kappa shape index (κ2) is 7.79. The number of carbonyl (C=O) groups excluding carboxylic acids is 1. The van der Waals surface area contributed by atoms with E-state index in [1.165, 1.54) is 11.3 Å². The molecule has 3 heterocycles. The molecule has 0 spiro atoms. The second-order valence-electron chi connectivity index (χ2n) is 4.66. The van der Waals surface area contributed by atoms with Crippen LogP contribution in [0.2, 0.25) is 0 Å². The van der Waals surface area contributed by atoms with Crippen molar-refractivity contribution in [3.05, 3.63) is 29.5 Å². The van der Waals surface area contributed by atoms with Crippen molar-refractivity contribution in [1.82, 2.24) is 9.88 Å². The van der Waals surface area contributed by atoms with Crippen LogP contribution in [0, 0.1) is 0 Å². The molecule has 2 aromatic rings. The first-order chi connectivity index (χ1) is 9.24. The van der Waals surface area contributed by atoms with Crippen LogP contribution in [0.1, 0.15) is 22.5 Å². The number of amides is 1. The summed E-state index contributed by atoms with van der Waals surface area (Å²) in [6, 6.07) is 3.74. The quantitative estimate of drug-likeness (QED) is 0.904. The summed E-state index contributed by atoms with van der Waals surface area (Å²) in [4.78, 5) is 19.0. The summed E-state index contributed by atoms with van der Waals surface area (Å²) in [6.45, 7) is 1.41. The molecule has 1 atom stereocenters. The van der Waals surface area contributed by atoms with E-state index < -0.39 is 0 Å². The largest absolute Gasteiger partial charge is 0.462 e. The summed E-state index contributed by atoms with van der Waals surface area (Å²) in [5.41, 5.74) is 5.90. The number of thiazole rings is 1. The van der Waals surface area contributed by atoms with Crippen molar-refractivity contribution in [3.8, 4) is 10.8 Å². The summed E-state index contributed by atoms with van der Waals surface area (Å²) in [5, 5.41) is 0.731. The minimum Gasteiger partial charge on any atom is -0.462 e. The highest BCUT2D eigenvalue weighted by Crippen LogP contribution is 2.26. The normalized spacial score (nSPS) is 17.8. The van der Waals surface area contributed by atoms with E-state index in [4.69, 9.17) is 10.2 Å². The van der Waals surface area contributed by atoms with Crippen LogP contribution in [-0.2, 0) is 0 Å². The van der Waals surface area contributed by atoms with Gasteiger partial charge in [0.25, 0.3) is 5.91 Å². The van der Waals surface area contributed by atoms with Gasteiger partial charge in [-0.3, -0.25) is 4.79 Å². The van der Waals surface area contributed by atoms with Gasteiger partial charge < -0.3 is 15.1 Å². The summed E-state index contributed by atoms with van der Waals surface area (Å²) in [6.07, 6.45) is 5.17. The van der Waals surface area contributed by atoms with E-state index in [1.54, 1.807) is 12.5 Å². The number of nitrogens with two attached hydrogens (primary N) is 1. The van der Waals surface area contributed by atoms with E-state index in [-0.39, 0.29) is 36.8 Å². The maximum absolute atomic E-state index is 12.3. The van der Waals surface area contributed by atoms with Crippen molar-refractivity contribution in [2.75, 3.05) is 13.1 Å². The fourth-order valence-corrected chi connectivity index (χ4v) is 3.09. The van der Waals surface area contributed by atoms with Gasteiger partial charge in [-0.2, -0.15) is 0 Å². The summed E-state index contributed by atoms with van der Waals surface area (Å²) >= 11 is 1.36. The molecule has 0 aromatic carbocycles. The number of likely N-dealkylation sites (tertiary alicyclic amines) is 1. The van der Waals surface area contributed by atoms with Gasteiger partial charge >= 0.3 is 0 Å². The molecular weight excluding hydrogens is 333 g/mol. The topological polar surface area (TPSA) is 72.4 Å². The van der Waals surface area contributed by atoms with Gasteiger partial charge in [-0.1, -0.05) is 0 Å². The fourth-order valence-electron chi connectivity index (χ4n) is 2.24. The molecule has 8 heteroatoms. The van der Waals surface area contributed by atoms with Gasteiger partial charge in [-0.05, 0) is 25.0 Å². The van der Waals surface area contributed by atoms with Gasteiger partial charge in [0.05, 0.1) is 12.5 Å². The first-order valence-corrected chi connectivity index (χ1v) is 7.10. The number of rotatable bonds is 2. The molecule has 0 saturated carbocycles. The Morgan fingerprint density at radius 1 is 1.48 bits per heavy atom. The lowest BCUT2D eigenvalue weighted by Gasteiger charge is -2.30. The molecule has 3 rings (SSSR count). The zero-order chi connectivity index (χ0) is 13.2. The number of hydrogen-bond acceptors (Lipinski definition) is 5. The number of nitrogens with zero attached hydrogens (tertiary/aromatic N) is 2. The van der Waals surface area contributed by atoms with E-state index in [2.05, 4.69) is 4.98 Å². The molecule has 1 aliphatic heterocycles. The Kier molecular flexibility index (Phi) is 6.67. The summed E-state index contributed by atoms with van der Waals surface area (Å²) in [7, 11) is 0. The van der Waals surface area contributed by atoms with Crippen molar-refractivity contribution >= 4 is 42.1 Å². The van der Waals surface area contributed by atoms with Crippen LogP contribution >= 0.6 is 36.2 Å². The molecule has 1 saturated heterocycles. The highest BCUT2D eigenvalue weighted by Gasteiger charge is 2.24. The third-order valence-corrected chi connectivity index (χ3v) is 4.19. The molecule has 116 valence electrons. The second-order valence-corrected chi connectivity index (χ2v) is 5.69. The van der Waals surface area contributed by atoms with E-state index in [0.29, 0.717) is 17.2 Å². The van der Waals surface area contributed by atoms with Gasteiger partial charge in [0, 0.05) is 19.1 Å². The number of furan rings is 1. The Balaban J connectivity index is 0.00000110. The Labute approximate surface area is 139 Å². The maximum atomic E-state index is 12.3. The number of halogens is 2. The fraction of sp³-hybridized carbons (Fsp3) is 0.385. The zero-order valence-corrected chi connectivity index (χ0v) is 13.7. The molecule has 21 heavy (non-hydrogen) atoms. The highest BCUT2D eigenvalue weighted by molar-refractivity contribution is 7.16. The third kappa shape index (κ3) is 3.97. The monoisotopic (exact) mass is 349 g/mol. The molecule has 1 fully saturated rings. The SMILES string of the molecule is Cl.Cl.NC1CCCN(C(=O)c2cnc(-c3ccco3)s2)C1. The first-order valence-electron chi connectivity index (χ1n) is 6.28. The van der Waals surface area contributed by atoms with Crippen LogP contribution < -0.4 is 5.73 Å². The average Bonchev–Trinajstić information content (AvgIpc) is 3.08. The van der Waals surface area contributed by atoms with E-state index in [0.717, 1.165) is 24.4 Å². The van der Waals surface area contributed by atoms with Crippen molar-refractivity contribution in [1.29, 1.82) is 0 Å². The lowest BCUT2D eigenvalue weighted by molar-refractivity contribution is 0.0713. The molecule has 1 unspecified atom stereocenters. The molecule has 0 aliphatic carbocycles. The third-order valence-electron chi connectivity index (χ3n) is 3.19. The standard InChI is InChI=1S/C13H15N3O2S.2ClH/c14-9-3-1-5-16(8-9)13(17)11-7-15-12(19-11)10-4-2-6-18-10;;/h2,4,6-7,9H,1,3,5,8,14H2;2*1H. The van der Waals surface area contributed by atoms with Crippen LogP contribution in [0.25, 0.3) is 10.8 Å².